The van der Waals surface area contributed by atoms with Crippen LogP contribution in [0, 0.1) is 5.92 Å². The summed E-state index contributed by atoms with van der Waals surface area (Å²) in [5.74, 6) is 0.972. The first-order valence-electron chi connectivity index (χ1n) is 7.31. The minimum Gasteiger partial charge on any atom is -0.342 e. The zero-order valence-electron chi connectivity index (χ0n) is 13.2. The molecule has 1 amide bonds. The van der Waals surface area contributed by atoms with Crippen LogP contribution in [-0.4, -0.2) is 50.2 Å². The van der Waals surface area contributed by atoms with Gasteiger partial charge >= 0.3 is 0 Å². The van der Waals surface area contributed by atoms with Crippen LogP contribution < -0.4 is 5.73 Å². The monoisotopic (exact) mass is 302 g/mol. The largest absolute Gasteiger partial charge is 0.342 e. The van der Waals surface area contributed by atoms with E-state index in [2.05, 4.69) is 28.9 Å². The van der Waals surface area contributed by atoms with Gasteiger partial charge in [0.05, 0.1) is 5.56 Å². The molecule has 0 aliphatic rings. The van der Waals surface area contributed by atoms with E-state index in [-0.39, 0.29) is 11.9 Å². The lowest BCUT2D eigenvalue weighted by molar-refractivity contribution is 0.0789. The summed E-state index contributed by atoms with van der Waals surface area (Å²) < 4.78 is 1.54. The highest BCUT2D eigenvalue weighted by molar-refractivity contribution is 5.93. The molecule has 0 saturated carbocycles. The molecular weight excluding hydrogens is 280 g/mol. The van der Waals surface area contributed by atoms with Gasteiger partial charge in [0.25, 0.3) is 5.91 Å². The molecule has 1 atom stereocenters. The topological polar surface area (TPSA) is 89.9 Å². The first kappa shape index (κ1) is 16.1. The summed E-state index contributed by atoms with van der Waals surface area (Å²) in [5.41, 5.74) is 6.56. The number of nitrogens with zero attached hydrogens (tertiary/aromatic N) is 5. The maximum Gasteiger partial charge on any atom is 0.255 e. The van der Waals surface area contributed by atoms with Gasteiger partial charge in [-0.1, -0.05) is 13.8 Å². The molecule has 0 aliphatic heterocycles. The number of hydrogen-bond donors (Lipinski definition) is 1. The number of amides is 1. The van der Waals surface area contributed by atoms with Gasteiger partial charge in [-0.15, -0.1) is 0 Å². The molecule has 2 N–H and O–H groups in total. The van der Waals surface area contributed by atoms with E-state index in [1.807, 2.05) is 0 Å². The summed E-state index contributed by atoms with van der Waals surface area (Å²) in [6.07, 6.45) is 5.33. The van der Waals surface area contributed by atoms with Crippen molar-refractivity contribution in [2.45, 2.75) is 26.3 Å². The molecule has 0 bridgehead atoms. The second-order valence-electron chi connectivity index (χ2n) is 5.67. The van der Waals surface area contributed by atoms with E-state index < -0.39 is 0 Å². The van der Waals surface area contributed by atoms with E-state index >= 15 is 0 Å². The van der Waals surface area contributed by atoms with E-state index in [1.165, 1.54) is 6.33 Å². The number of nitrogens with two attached hydrogens (primary N) is 1. The predicted octanol–water partition coefficient (Wildman–Crippen LogP) is 1.11. The van der Waals surface area contributed by atoms with Gasteiger partial charge in [-0.25, -0.2) is 14.6 Å². The molecule has 7 nitrogen and oxygen atoms in total. The number of carbonyl (C=O) groups excluding carboxylic acids is 1. The van der Waals surface area contributed by atoms with Crippen LogP contribution in [0.2, 0.25) is 0 Å². The van der Waals surface area contributed by atoms with Crippen LogP contribution in [0.25, 0.3) is 5.82 Å². The molecule has 2 aromatic heterocycles. The van der Waals surface area contributed by atoms with Crippen molar-refractivity contribution in [2.75, 3.05) is 13.6 Å². The van der Waals surface area contributed by atoms with E-state index in [0.29, 0.717) is 23.8 Å². The molecule has 2 rings (SSSR count). The van der Waals surface area contributed by atoms with Crippen molar-refractivity contribution in [3.05, 3.63) is 36.5 Å². The molecule has 0 spiro atoms. The standard InChI is InChI=1S/C15H22N6O/c1-11(2)13(16)6-7-20(3)15(22)12-4-5-14(18-8-12)21-10-17-9-19-21/h4-5,8-11,13H,6-7,16H2,1-3H3. The quantitative estimate of drug-likeness (QED) is 0.863. The first-order valence-corrected chi connectivity index (χ1v) is 7.31. The number of pyridine rings is 1. The van der Waals surface area contributed by atoms with Crippen molar-refractivity contribution in [3.8, 4) is 5.82 Å². The lowest BCUT2D eigenvalue weighted by Gasteiger charge is -2.21. The Morgan fingerprint density at radius 1 is 1.41 bits per heavy atom. The van der Waals surface area contributed by atoms with Crippen LogP contribution in [0.4, 0.5) is 0 Å². The molecular formula is C15H22N6O. The molecule has 0 saturated heterocycles. The van der Waals surface area contributed by atoms with Gasteiger partial charge < -0.3 is 10.6 Å². The third kappa shape index (κ3) is 3.88. The van der Waals surface area contributed by atoms with Crippen LogP contribution >= 0.6 is 0 Å². The summed E-state index contributed by atoms with van der Waals surface area (Å²) in [5, 5.41) is 4.00. The zero-order valence-corrected chi connectivity index (χ0v) is 13.2. The maximum atomic E-state index is 12.3. The van der Waals surface area contributed by atoms with E-state index in [0.717, 1.165) is 6.42 Å². The fourth-order valence-corrected chi connectivity index (χ4v) is 1.97. The maximum absolute atomic E-state index is 12.3. The molecule has 0 aromatic carbocycles. The highest BCUT2D eigenvalue weighted by Gasteiger charge is 2.15. The molecule has 0 fully saturated rings. The average molecular weight is 302 g/mol. The Labute approximate surface area is 130 Å². The van der Waals surface area contributed by atoms with Crippen molar-refractivity contribution in [3.63, 3.8) is 0 Å². The van der Waals surface area contributed by atoms with E-state index in [1.54, 1.807) is 41.3 Å². The Kier molecular flexibility index (Phi) is 5.21. The summed E-state index contributed by atoms with van der Waals surface area (Å²) in [7, 11) is 1.78. The summed E-state index contributed by atoms with van der Waals surface area (Å²) >= 11 is 0. The van der Waals surface area contributed by atoms with Crippen molar-refractivity contribution in [1.82, 2.24) is 24.6 Å². The summed E-state index contributed by atoms with van der Waals surface area (Å²) in [4.78, 5) is 22.1. The fourth-order valence-electron chi connectivity index (χ4n) is 1.97. The van der Waals surface area contributed by atoms with Gasteiger partial charge in [0.15, 0.2) is 5.82 Å². The Morgan fingerprint density at radius 3 is 2.73 bits per heavy atom. The average Bonchev–Trinajstić information content (AvgIpc) is 3.06. The highest BCUT2D eigenvalue weighted by Crippen LogP contribution is 2.08. The molecule has 1 unspecified atom stereocenters. The van der Waals surface area contributed by atoms with Gasteiger partial charge in [0.1, 0.15) is 12.7 Å². The minimum absolute atomic E-state index is 0.0615. The Balaban J connectivity index is 1.97. The van der Waals surface area contributed by atoms with Gasteiger partial charge in [-0.3, -0.25) is 4.79 Å². The second kappa shape index (κ2) is 7.13. The second-order valence-corrected chi connectivity index (χ2v) is 5.67. The lowest BCUT2D eigenvalue weighted by Crippen LogP contribution is -2.34. The number of aromatic nitrogens is 4. The van der Waals surface area contributed by atoms with Crippen molar-refractivity contribution < 1.29 is 4.79 Å². The third-order valence-corrected chi connectivity index (χ3v) is 3.65. The van der Waals surface area contributed by atoms with Gasteiger partial charge in [-0.2, -0.15) is 5.10 Å². The predicted molar refractivity (Wildman–Crippen MR) is 83.5 cm³/mol. The van der Waals surface area contributed by atoms with Crippen LogP contribution in [0.5, 0.6) is 0 Å². The molecule has 2 heterocycles. The summed E-state index contributed by atoms with van der Waals surface area (Å²) in [6.45, 7) is 4.79. The van der Waals surface area contributed by atoms with Crippen molar-refractivity contribution in [2.24, 2.45) is 11.7 Å². The minimum atomic E-state index is -0.0615. The Morgan fingerprint density at radius 2 is 2.18 bits per heavy atom. The number of rotatable bonds is 6. The fraction of sp³-hybridized carbons (Fsp3) is 0.467. The Hall–Kier alpha value is -2.28. The van der Waals surface area contributed by atoms with Gasteiger partial charge in [0, 0.05) is 25.8 Å². The zero-order chi connectivity index (χ0) is 16.1. The molecule has 7 heteroatoms. The van der Waals surface area contributed by atoms with Crippen LogP contribution in [0.1, 0.15) is 30.6 Å². The molecule has 118 valence electrons. The highest BCUT2D eigenvalue weighted by atomic mass is 16.2. The van der Waals surface area contributed by atoms with Crippen LogP contribution in [0.3, 0.4) is 0 Å². The Bertz CT molecular complexity index is 593. The van der Waals surface area contributed by atoms with Gasteiger partial charge in [-0.05, 0) is 24.5 Å². The van der Waals surface area contributed by atoms with Crippen LogP contribution in [0.15, 0.2) is 31.0 Å². The third-order valence-electron chi connectivity index (χ3n) is 3.65. The van der Waals surface area contributed by atoms with Crippen molar-refractivity contribution in [1.29, 1.82) is 0 Å². The normalized spacial score (nSPS) is 12.4. The van der Waals surface area contributed by atoms with E-state index in [4.69, 9.17) is 5.73 Å². The van der Waals surface area contributed by atoms with E-state index in [9.17, 15) is 4.79 Å². The number of hydrogen-bond acceptors (Lipinski definition) is 5. The molecule has 22 heavy (non-hydrogen) atoms. The lowest BCUT2D eigenvalue weighted by atomic mass is 10.0. The van der Waals surface area contributed by atoms with Crippen LogP contribution in [-0.2, 0) is 0 Å². The SMILES string of the molecule is CC(C)C(N)CCN(C)C(=O)c1ccc(-n2cncn2)nc1. The molecule has 0 aliphatic carbocycles. The molecule has 0 radical (unpaired) electrons. The van der Waals surface area contributed by atoms with Crippen molar-refractivity contribution >= 4 is 5.91 Å². The van der Waals surface area contributed by atoms with Gasteiger partial charge in [0.2, 0.25) is 0 Å². The first-order chi connectivity index (χ1) is 10.5. The smallest absolute Gasteiger partial charge is 0.255 e. The number of carbonyl (C=O) groups is 1. The molecule has 2 aromatic rings. The summed E-state index contributed by atoms with van der Waals surface area (Å²) in [6, 6.07) is 3.59.